The average molecular weight is 635 g/mol. The fraction of sp³-hybridized carbons (Fsp3) is 0.222. The second kappa shape index (κ2) is 13.0. The molecule has 0 spiro atoms. The second-order valence-corrected chi connectivity index (χ2v) is 12.0. The molecule has 10 heteroatoms. The normalized spacial score (nSPS) is 14.7. The van der Waals surface area contributed by atoms with E-state index in [9.17, 15) is 9.59 Å². The van der Waals surface area contributed by atoms with E-state index in [1.54, 1.807) is 37.1 Å². The van der Waals surface area contributed by atoms with Crippen molar-refractivity contribution in [2.24, 2.45) is 4.99 Å². The molecule has 46 heavy (non-hydrogen) atoms. The van der Waals surface area contributed by atoms with Crippen molar-refractivity contribution in [3.05, 3.63) is 127 Å². The Kier molecular flexibility index (Phi) is 8.72. The molecule has 1 unspecified atom stereocenters. The van der Waals surface area contributed by atoms with Crippen molar-refractivity contribution < 1.29 is 19.0 Å². The summed E-state index contributed by atoms with van der Waals surface area (Å²) in [5.41, 5.74) is 4.54. The maximum absolute atomic E-state index is 14.3. The molecule has 0 saturated carbocycles. The number of fused-ring (bicyclic) bond motifs is 1. The second-order valence-electron chi connectivity index (χ2n) is 11.0. The van der Waals surface area contributed by atoms with Crippen LogP contribution in [0.3, 0.4) is 0 Å². The third-order valence-corrected chi connectivity index (χ3v) is 8.49. The maximum atomic E-state index is 14.3. The van der Waals surface area contributed by atoms with Crippen molar-refractivity contribution in [3.63, 3.8) is 0 Å². The van der Waals surface area contributed by atoms with Crippen LogP contribution < -0.4 is 24.4 Å². The van der Waals surface area contributed by atoms with Gasteiger partial charge in [0.2, 0.25) is 0 Å². The highest BCUT2D eigenvalue weighted by Gasteiger charge is 2.34. The number of para-hydroxylation sites is 1. The van der Waals surface area contributed by atoms with Crippen LogP contribution in [0.15, 0.2) is 106 Å². The third-order valence-electron chi connectivity index (χ3n) is 7.50. The molecule has 3 heterocycles. The molecule has 0 fully saturated rings. The van der Waals surface area contributed by atoms with Crippen LogP contribution in [-0.4, -0.2) is 40.1 Å². The number of rotatable bonds is 9. The molecule has 9 nitrogen and oxygen atoms in total. The fourth-order valence-corrected chi connectivity index (χ4v) is 6.45. The summed E-state index contributed by atoms with van der Waals surface area (Å²) < 4.78 is 20.5. The minimum atomic E-state index is -0.729. The summed E-state index contributed by atoms with van der Waals surface area (Å²) in [6.07, 6.45) is 3.42. The number of aromatic nitrogens is 3. The van der Waals surface area contributed by atoms with Crippen molar-refractivity contribution in [2.45, 2.75) is 39.8 Å². The van der Waals surface area contributed by atoms with Gasteiger partial charge in [-0.15, -0.1) is 0 Å². The van der Waals surface area contributed by atoms with E-state index in [0.717, 1.165) is 28.1 Å². The van der Waals surface area contributed by atoms with Crippen LogP contribution in [0.2, 0.25) is 0 Å². The first-order valence-corrected chi connectivity index (χ1v) is 15.8. The van der Waals surface area contributed by atoms with Gasteiger partial charge in [-0.2, -0.15) is 5.10 Å². The van der Waals surface area contributed by atoms with E-state index < -0.39 is 12.0 Å². The first-order valence-electron chi connectivity index (χ1n) is 15.0. The van der Waals surface area contributed by atoms with E-state index in [2.05, 4.69) is 0 Å². The Hall–Kier alpha value is -5.22. The summed E-state index contributed by atoms with van der Waals surface area (Å²) in [5, 5.41) is 4.92. The Morgan fingerprint density at radius 1 is 1.00 bits per heavy atom. The topological polar surface area (TPSA) is 96.9 Å². The highest BCUT2D eigenvalue weighted by atomic mass is 32.1. The molecule has 5 aromatic rings. The summed E-state index contributed by atoms with van der Waals surface area (Å²) in [7, 11) is 1.59. The summed E-state index contributed by atoms with van der Waals surface area (Å²) >= 11 is 1.27. The van der Waals surface area contributed by atoms with Crippen molar-refractivity contribution in [3.8, 4) is 28.4 Å². The van der Waals surface area contributed by atoms with E-state index in [1.807, 2.05) is 98.1 Å². The molecule has 1 aliphatic heterocycles. The van der Waals surface area contributed by atoms with Gasteiger partial charge in [0.15, 0.2) is 4.80 Å². The van der Waals surface area contributed by atoms with Gasteiger partial charge in [0.05, 0.1) is 47.4 Å². The molecule has 1 aliphatic rings. The molecule has 0 bridgehead atoms. The quantitative estimate of drug-likeness (QED) is 0.200. The lowest BCUT2D eigenvalue weighted by molar-refractivity contribution is -0.143. The number of allylic oxidation sites excluding steroid dienone is 1. The molecule has 0 radical (unpaired) electrons. The zero-order valence-electron chi connectivity index (χ0n) is 26.3. The van der Waals surface area contributed by atoms with Crippen LogP contribution in [0.4, 0.5) is 0 Å². The Balaban J connectivity index is 1.53. The molecule has 0 saturated heterocycles. The molecule has 2 aromatic heterocycles. The largest absolute Gasteiger partial charge is 0.497 e. The molecular weight excluding hydrogens is 600 g/mol. The number of carbonyl (C=O) groups is 1. The number of hydrogen-bond donors (Lipinski definition) is 0. The van der Waals surface area contributed by atoms with E-state index in [1.165, 1.54) is 11.3 Å². The molecule has 6 rings (SSSR count). The maximum Gasteiger partial charge on any atom is 0.338 e. The van der Waals surface area contributed by atoms with Gasteiger partial charge >= 0.3 is 5.97 Å². The number of esters is 1. The van der Waals surface area contributed by atoms with Crippen LogP contribution in [0, 0.1) is 0 Å². The number of methoxy groups -OCH3 is 1. The SMILES string of the molecule is CCOc1ccc(-c2nn(-c3ccccc3)cc2/C=c2\sc3n(c2=O)C(c2ccc(OC)cc2)C(C(=O)OC(C)C)=C(C)N=3)cc1. The molecular formula is C36H34N4O5S. The molecule has 234 valence electrons. The van der Waals surface area contributed by atoms with Crippen LogP contribution in [0.1, 0.15) is 44.9 Å². The van der Waals surface area contributed by atoms with Gasteiger partial charge < -0.3 is 14.2 Å². The molecule has 0 amide bonds. The van der Waals surface area contributed by atoms with Crippen LogP contribution in [0.25, 0.3) is 23.0 Å². The monoisotopic (exact) mass is 634 g/mol. The third kappa shape index (κ3) is 6.03. The van der Waals surface area contributed by atoms with Crippen molar-refractivity contribution in [1.82, 2.24) is 14.3 Å². The van der Waals surface area contributed by atoms with Gasteiger partial charge in [0, 0.05) is 17.3 Å². The number of carbonyl (C=O) groups excluding carboxylic acids is 1. The van der Waals surface area contributed by atoms with E-state index in [4.69, 9.17) is 24.3 Å². The summed E-state index contributed by atoms with van der Waals surface area (Å²) in [5.74, 6) is 0.929. The number of ether oxygens (including phenoxy) is 3. The number of nitrogens with zero attached hydrogens (tertiary/aromatic N) is 4. The first kappa shape index (κ1) is 30.8. The standard InChI is InChI=1S/C36H34N4O5S/c1-6-44-29-18-12-24(13-19-29)32-26(21-39(38-32)27-10-8-7-9-11-27)20-30-34(41)40-33(25-14-16-28(43-5)17-15-25)31(35(42)45-22(2)3)23(4)37-36(40)46-30/h7-22,33H,6H2,1-5H3/b30-20-. The van der Waals surface area contributed by atoms with Crippen LogP contribution in [0.5, 0.6) is 11.5 Å². The van der Waals surface area contributed by atoms with Crippen LogP contribution in [-0.2, 0) is 9.53 Å². The Morgan fingerprint density at radius 3 is 2.35 bits per heavy atom. The minimum absolute atomic E-state index is 0.267. The predicted octanol–water partition coefficient (Wildman–Crippen LogP) is 5.45. The predicted molar refractivity (Wildman–Crippen MR) is 178 cm³/mol. The summed E-state index contributed by atoms with van der Waals surface area (Å²) in [6.45, 7) is 7.88. The first-order chi connectivity index (χ1) is 22.3. The molecule has 3 aromatic carbocycles. The van der Waals surface area contributed by atoms with Gasteiger partial charge in [-0.05, 0) is 87.9 Å². The van der Waals surface area contributed by atoms with Gasteiger partial charge in [0.25, 0.3) is 5.56 Å². The van der Waals surface area contributed by atoms with E-state index in [-0.39, 0.29) is 11.7 Å². The Morgan fingerprint density at radius 2 is 1.70 bits per heavy atom. The molecule has 1 atom stereocenters. The van der Waals surface area contributed by atoms with Gasteiger partial charge in [0.1, 0.15) is 17.2 Å². The minimum Gasteiger partial charge on any atom is -0.497 e. The molecule has 0 N–H and O–H groups in total. The van der Waals surface area contributed by atoms with Crippen molar-refractivity contribution in [2.75, 3.05) is 13.7 Å². The lowest BCUT2D eigenvalue weighted by Crippen LogP contribution is -2.40. The van der Waals surface area contributed by atoms with Gasteiger partial charge in [-0.25, -0.2) is 14.5 Å². The summed E-state index contributed by atoms with van der Waals surface area (Å²) in [4.78, 5) is 33.0. The van der Waals surface area contributed by atoms with Gasteiger partial charge in [-0.3, -0.25) is 9.36 Å². The van der Waals surface area contributed by atoms with Crippen LogP contribution >= 0.6 is 11.3 Å². The zero-order chi connectivity index (χ0) is 32.4. The highest BCUT2D eigenvalue weighted by molar-refractivity contribution is 7.07. The smallest absolute Gasteiger partial charge is 0.338 e. The number of benzene rings is 3. The Bertz CT molecular complexity index is 2090. The number of hydrogen-bond acceptors (Lipinski definition) is 8. The lowest BCUT2D eigenvalue weighted by atomic mass is 9.96. The molecule has 0 aliphatic carbocycles. The van der Waals surface area contributed by atoms with Crippen molar-refractivity contribution in [1.29, 1.82) is 0 Å². The van der Waals surface area contributed by atoms with E-state index in [0.29, 0.717) is 38.7 Å². The lowest BCUT2D eigenvalue weighted by Gasteiger charge is -2.25. The average Bonchev–Trinajstić information content (AvgIpc) is 3.61. The van der Waals surface area contributed by atoms with Gasteiger partial charge in [-0.1, -0.05) is 41.7 Å². The summed E-state index contributed by atoms with van der Waals surface area (Å²) in [6, 6.07) is 24.2. The van der Waals surface area contributed by atoms with Crippen molar-refractivity contribution >= 4 is 23.4 Å². The Labute approximate surface area is 270 Å². The highest BCUT2D eigenvalue weighted by Crippen LogP contribution is 2.32. The fourth-order valence-electron chi connectivity index (χ4n) is 5.41. The van der Waals surface area contributed by atoms with E-state index >= 15 is 0 Å². The zero-order valence-corrected chi connectivity index (χ0v) is 27.1. The number of thiazole rings is 1.